The van der Waals surface area contributed by atoms with Gasteiger partial charge in [-0.15, -0.1) is 0 Å². The minimum absolute atomic E-state index is 0.0000131. The lowest BCUT2D eigenvalue weighted by Gasteiger charge is -2.25. The van der Waals surface area contributed by atoms with Gasteiger partial charge < -0.3 is 4.74 Å². The lowest BCUT2D eigenvalue weighted by Crippen LogP contribution is -2.37. The molecule has 32 heavy (non-hydrogen) atoms. The number of anilines is 1. The van der Waals surface area contributed by atoms with Crippen LogP contribution in [0.25, 0.3) is 0 Å². The summed E-state index contributed by atoms with van der Waals surface area (Å²) in [6.45, 7) is -0.745. The number of hydrogen-bond acceptors (Lipinski definition) is 4. The molecule has 0 aliphatic heterocycles. The number of ether oxygens (including phenoxy) is 1. The van der Waals surface area contributed by atoms with E-state index in [-0.39, 0.29) is 22.7 Å². The Hall–Kier alpha value is -3.28. The van der Waals surface area contributed by atoms with E-state index in [4.69, 9.17) is 4.74 Å². The van der Waals surface area contributed by atoms with E-state index in [1.165, 1.54) is 24.3 Å². The smallest absolute Gasteiger partial charge is 0.404 e. The van der Waals surface area contributed by atoms with Gasteiger partial charge in [0.25, 0.3) is 0 Å². The number of aromatic nitrogens is 1. The fraction of sp³-hybridized carbons (Fsp3) is 0.150. The maximum Gasteiger partial charge on any atom is 0.404 e. The average Bonchev–Trinajstić information content (AvgIpc) is 2.68. The monoisotopic (exact) mass is 476 g/mol. The number of halogens is 6. The molecule has 0 saturated carbocycles. The van der Waals surface area contributed by atoms with Crippen molar-refractivity contribution in [2.24, 2.45) is 0 Å². The molecular formula is C20H14F6N2O3S. The molecule has 2 aromatic carbocycles. The first-order chi connectivity index (χ1) is 14.9. The van der Waals surface area contributed by atoms with Crippen LogP contribution >= 0.6 is 0 Å². The minimum atomic E-state index is -5.03. The lowest BCUT2D eigenvalue weighted by atomic mass is 10.2. The largest absolute Gasteiger partial charge is 0.454 e. The summed E-state index contributed by atoms with van der Waals surface area (Å²) in [5.41, 5.74) is -0.462. The number of rotatable bonds is 7. The SMILES string of the molecule is O=S(=O)(CC(F)(F)F)N(Cc1cccnc1F)c1ccc(Oc2ccc(F)cc2F)cc1. The zero-order chi connectivity index (χ0) is 23.5. The first-order valence-corrected chi connectivity index (χ1v) is 10.4. The van der Waals surface area contributed by atoms with Crippen molar-refractivity contribution in [1.29, 1.82) is 0 Å². The molecular weight excluding hydrogens is 462 g/mol. The van der Waals surface area contributed by atoms with Crippen molar-refractivity contribution in [3.8, 4) is 11.5 Å². The van der Waals surface area contributed by atoms with Gasteiger partial charge in [0.1, 0.15) is 11.6 Å². The summed E-state index contributed by atoms with van der Waals surface area (Å²) in [6, 6.07) is 9.65. The molecule has 0 spiro atoms. The third-order valence-electron chi connectivity index (χ3n) is 4.08. The Balaban J connectivity index is 1.92. The maximum atomic E-state index is 13.9. The highest BCUT2D eigenvalue weighted by Gasteiger charge is 2.39. The van der Waals surface area contributed by atoms with Gasteiger partial charge in [-0.3, -0.25) is 4.31 Å². The zero-order valence-electron chi connectivity index (χ0n) is 16.0. The Morgan fingerprint density at radius 1 is 0.969 bits per heavy atom. The Kier molecular flexibility index (Phi) is 6.63. The number of benzene rings is 2. The van der Waals surface area contributed by atoms with Crippen molar-refractivity contribution in [1.82, 2.24) is 4.98 Å². The van der Waals surface area contributed by atoms with Crippen LogP contribution in [0.4, 0.5) is 32.0 Å². The second-order valence-corrected chi connectivity index (χ2v) is 8.40. The van der Waals surface area contributed by atoms with E-state index in [9.17, 15) is 34.8 Å². The van der Waals surface area contributed by atoms with Gasteiger partial charge in [0.05, 0.1) is 12.2 Å². The molecule has 0 unspecified atom stereocenters. The minimum Gasteiger partial charge on any atom is -0.454 e. The molecule has 0 fully saturated rings. The molecule has 5 nitrogen and oxygen atoms in total. The van der Waals surface area contributed by atoms with Crippen LogP contribution in [0.3, 0.4) is 0 Å². The standard InChI is InChI=1S/C20H14F6N2O3S/c21-14-3-8-18(17(22)10-14)31-16-6-4-15(5-7-16)28(32(29,30)12-20(24,25)26)11-13-2-1-9-27-19(13)23/h1-10H,11-12H2. The van der Waals surface area contributed by atoms with Crippen molar-refractivity contribution in [3.05, 3.63) is 83.9 Å². The molecule has 0 atom stereocenters. The van der Waals surface area contributed by atoms with Gasteiger partial charge in [-0.1, -0.05) is 6.07 Å². The van der Waals surface area contributed by atoms with Crippen LogP contribution in [0.2, 0.25) is 0 Å². The molecule has 3 aromatic rings. The van der Waals surface area contributed by atoms with Crippen LogP contribution in [0.15, 0.2) is 60.8 Å². The molecule has 0 saturated heterocycles. The average molecular weight is 476 g/mol. The number of nitrogens with zero attached hydrogens (tertiary/aromatic N) is 2. The van der Waals surface area contributed by atoms with Gasteiger partial charge in [0.15, 0.2) is 17.3 Å². The number of pyridine rings is 1. The highest BCUT2D eigenvalue weighted by atomic mass is 32.2. The molecule has 0 amide bonds. The Morgan fingerprint density at radius 2 is 1.66 bits per heavy atom. The first-order valence-electron chi connectivity index (χ1n) is 8.84. The van der Waals surface area contributed by atoms with Crippen LogP contribution < -0.4 is 9.04 Å². The highest BCUT2D eigenvalue weighted by molar-refractivity contribution is 7.92. The van der Waals surface area contributed by atoms with Crippen molar-refractivity contribution in [2.75, 3.05) is 10.1 Å². The molecule has 170 valence electrons. The molecule has 12 heteroatoms. The molecule has 0 radical (unpaired) electrons. The quantitative estimate of drug-likeness (QED) is 0.348. The predicted molar refractivity (Wildman–Crippen MR) is 103 cm³/mol. The van der Waals surface area contributed by atoms with E-state index in [1.54, 1.807) is 0 Å². The number of sulfonamides is 1. The van der Waals surface area contributed by atoms with Crippen LogP contribution in [0.1, 0.15) is 5.56 Å². The molecule has 3 rings (SSSR count). The summed E-state index contributed by atoms with van der Waals surface area (Å²) in [6.07, 6.45) is -3.93. The van der Waals surface area contributed by atoms with E-state index >= 15 is 0 Å². The van der Waals surface area contributed by atoms with Crippen molar-refractivity contribution in [2.45, 2.75) is 12.7 Å². The Bertz CT molecular complexity index is 1200. The Labute approximate surface area is 178 Å². The predicted octanol–water partition coefficient (Wildman–Crippen LogP) is 5.19. The van der Waals surface area contributed by atoms with E-state index in [1.807, 2.05) is 0 Å². The van der Waals surface area contributed by atoms with E-state index in [0.29, 0.717) is 10.4 Å². The summed E-state index contributed by atoms with van der Waals surface area (Å²) in [5.74, 6) is -5.33. The molecule has 1 heterocycles. The van der Waals surface area contributed by atoms with Gasteiger partial charge in [-0.25, -0.2) is 22.2 Å². The van der Waals surface area contributed by atoms with Crippen LogP contribution in [-0.2, 0) is 16.6 Å². The summed E-state index contributed by atoms with van der Waals surface area (Å²) < 4.78 is 110. The fourth-order valence-corrected chi connectivity index (χ4v) is 4.04. The van der Waals surface area contributed by atoms with E-state index in [2.05, 4.69) is 4.98 Å². The van der Waals surface area contributed by atoms with Crippen molar-refractivity contribution < 1.29 is 39.5 Å². The molecule has 1 aromatic heterocycles. The van der Waals surface area contributed by atoms with Crippen LogP contribution in [0.5, 0.6) is 11.5 Å². The first kappa shape index (κ1) is 23.4. The number of hydrogen-bond donors (Lipinski definition) is 0. The molecule has 0 aliphatic rings. The second kappa shape index (κ2) is 9.07. The zero-order valence-corrected chi connectivity index (χ0v) is 16.8. The topological polar surface area (TPSA) is 59.5 Å². The fourth-order valence-electron chi connectivity index (χ4n) is 2.69. The third kappa shape index (κ3) is 5.90. The van der Waals surface area contributed by atoms with E-state index < -0.39 is 46.1 Å². The highest BCUT2D eigenvalue weighted by Crippen LogP contribution is 2.30. The summed E-state index contributed by atoms with van der Waals surface area (Å²) in [7, 11) is -4.96. The normalized spacial score (nSPS) is 11.9. The van der Waals surface area contributed by atoms with Gasteiger partial charge in [-0.2, -0.15) is 17.6 Å². The molecule has 0 bridgehead atoms. The van der Waals surface area contributed by atoms with Crippen molar-refractivity contribution in [3.63, 3.8) is 0 Å². The summed E-state index contributed by atoms with van der Waals surface area (Å²) in [4.78, 5) is 3.37. The van der Waals surface area contributed by atoms with E-state index in [0.717, 1.165) is 30.5 Å². The third-order valence-corrected chi connectivity index (χ3v) is 5.78. The van der Waals surface area contributed by atoms with Gasteiger partial charge in [-0.05, 0) is 42.5 Å². The van der Waals surface area contributed by atoms with Gasteiger partial charge in [0, 0.05) is 17.8 Å². The van der Waals surface area contributed by atoms with Gasteiger partial charge >= 0.3 is 6.18 Å². The van der Waals surface area contributed by atoms with Crippen LogP contribution in [-0.4, -0.2) is 25.3 Å². The van der Waals surface area contributed by atoms with Gasteiger partial charge in [0.2, 0.25) is 16.0 Å². The van der Waals surface area contributed by atoms with Crippen LogP contribution in [0, 0.1) is 17.6 Å². The lowest BCUT2D eigenvalue weighted by molar-refractivity contribution is -0.106. The number of alkyl halides is 3. The maximum absolute atomic E-state index is 13.9. The molecule has 0 N–H and O–H groups in total. The summed E-state index contributed by atoms with van der Waals surface area (Å²) >= 11 is 0. The second-order valence-electron chi connectivity index (χ2n) is 6.50. The Morgan fingerprint density at radius 3 is 2.25 bits per heavy atom. The summed E-state index contributed by atoms with van der Waals surface area (Å²) in [5, 5.41) is 0. The molecule has 0 aliphatic carbocycles. The van der Waals surface area contributed by atoms with Crippen molar-refractivity contribution >= 4 is 15.7 Å².